The summed E-state index contributed by atoms with van der Waals surface area (Å²) in [6.07, 6.45) is 3.07. The molecule has 2 aromatic rings. The Morgan fingerprint density at radius 1 is 1.30 bits per heavy atom. The minimum Gasteiger partial charge on any atom is -0.465 e. The summed E-state index contributed by atoms with van der Waals surface area (Å²) in [5, 5.41) is 8.12. The summed E-state index contributed by atoms with van der Waals surface area (Å²) in [4.78, 5) is 11.6. The maximum Gasteiger partial charge on any atom is 0.338 e. The van der Waals surface area contributed by atoms with Gasteiger partial charge in [0.25, 0.3) is 0 Å². The summed E-state index contributed by atoms with van der Waals surface area (Å²) < 4.78 is 6.74. The number of fused-ring (bicyclic) bond motifs is 1. The summed E-state index contributed by atoms with van der Waals surface area (Å²) in [5.74, 6) is 0.503. The van der Waals surface area contributed by atoms with Gasteiger partial charge in [0.15, 0.2) is 5.65 Å². The lowest BCUT2D eigenvalue weighted by Gasteiger charge is -2.08. The van der Waals surface area contributed by atoms with E-state index in [2.05, 4.69) is 17.1 Å². The maximum atomic E-state index is 11.6. The topological polar surface area (TPSA) is 56.5 Å². The van der Waals surface area contributed by atoms with Gasteiger partial charge in [-0.3, -0.25) is 4.40 Å². The fourth-order valence-corrected chi connectivity index (χ4v) is 2.03. The molecular weight excluding hydrogens is 254 g/mol. The summed E-state index contributed by atoms with van der Waals surface area (Å²) in [5.41, 5.74) is 2.28. The molecule has 0 aromatic carbocycles. The molecule has 0 saturated carbocycles. The number of hydrogen-bond donors (Lipinski definition) is 0. The molecule has 0 aliphatic rings. The monoisotopic (exact) mass is 277 g/mol. The molecule has 0 aliphatic heterocycles. The van der Waals surface area contributed by atoms with Crippen molar-refractivity contribution >= 4 is 11.6 Å². The molecule has 20 heavy (non-hydrogen) atoms. The molecule has 0 fully saturated rings. The lowest BCUT2D eigenvalue weighted by Crippen LogP contribution is -2.06. The lowest BCUT2D eigenvalue weighted by molar-refractivity contribution is 0.0600. The number of esters is 1. The highest BCUT2D eigenvalue weighted by Crippen LogP contribution is 2.15. The number of hydrogen-bond acceptors (Lipinski definition) is 4. The molecular formula is C15H23N3O2. The van der Waals surface area contributed by atoms with Crippen molar-refractivity contribution in [3.05, 3.63) is 29.2 Å². The fourth-order valence-electron chi connectivity index (χ4n) is 2.03. The van der Waals surface area contributed by atoms with Crippen LogP contribution in [0.15, 0.2) is 12.1 Å². The van der Waals surface area contributed by atoms with Gasteiger partial charge in [0.1, 0.15) is 5.82 Å². The number of pyridine rings is 1. The SMILES string of the molecule is CC.CCCCc1cc(C(=O)OC)cc2nnc(C)n12. The van der Waals surface area contributed by atoms with Crippen LogP contribution in [0.5, 0.6) is 0 Å². The quantitative estimate of drug-likeness (QED) is 0.805. The van der Waals surface area contributed by atoms with Gasteiger partial charge in [-0.25, -0.2) is 4.79 Å². The van der Waals surface area contributed by atoms with Crippen molar-refractivity contribution in [2.75, 3.05) is 7.11 Å². The van der Waals surface area contributed by atoms with E-state index in [1.807, 2.05) is 31.2 Å². The summed E-state index contributed by atoms with van der Waals surface area (Å²) in [6, 6.07) is 3.58. The highest BCUT2D eigenvalue weighted by molar-refractivity contribution is 5.90. The van der Waals surface area contributed by atoms with E-state index in [1.165, 1.54) is 7.11 Å². The van der Waals surface area contributed by atoms with E-state index in [9.17, 15) is 4.79 Å². The number of ether oxygens (including phenoxy) is 1. The van der Waals surface area contributed by atoms with Crippen LogP contribution in [0.25, 0.3) is 5.65 Å². The van der Waals surface area contributed by atoms with E-state index in [1.54, 1.807) is 6.07 Å². The molecule has 5 nitrogen and oxygen atoms in total. The second kappa shape index (κ2) is 7.62. The van der Waals surface area contributed by atoms with Crippen LogP contribution in [0.4, 0.5) is 0 Å². The van der Waals surface area contributed by atoms with Crippen LogP contribution in [0, 0.1) is 6.92 Å². The molecule has 2 aromatic heterocycles. The van der Waals surface area contributed by atoms with Crippen LogP contribution < -0.4 is 0 Å². The minimum absolute atomic E-state index is 0.337. The molecule has 2 rings (SSSR count). The molecule has 0 aliphatic carbocycles. The van der Waals surface area contributed by atoms with Crippen molar-refractivity contribution in [1.29, 1.82) is 0 Å². The Morgan fingerprint density at radius 3 is 2.60 bits per heavy atom. The molecule has 5 heteroatoms. The number of rotatable bonds is 4. The summed E-state index contributed by atoms with van der Waals surface area (Å²) in [6.45, 7) is 8.05. The zero-order valence-electron chi connectivity index (χ0n) is 12.9. The van der Waals surface area contributed by atoms with Gasteiger partial charge in [0.05, 0.1) is 12.7 Å². The Hall–Kier alpha value is -1.91. The Morgan fingerprint density at radius 2 is 2.00 bits per heavy atom. The van der Waals surface area contributed by atoms with E-state index in [-0.39, 0.29) is 5.97 Å². The average Bonchev–Trinajstić information content (AvgIpc) is 2.87. The highest BCUT2D eigenvalue weighted by Gasteiger charge is 2.13. The third kappa shape index (κ3) is 3.35. The first-order valence-electron chi connectivity index (χ1n) is 7.10. The van der Waals surface area contributed by atoms with E-state index in [0.29, 0.717) is 11.2 Å². The number of carbonyl (C=O) groups is 1. The zero-order valence-corrected chi connectivity index (χ0v) is 12.9. The summed E-state index contributed by atoms with van der Waals surface area (Å²) in [7, 11) is 1.38. The fraction of sp³-hybridized carbons (Fsp3) is 0.533. The lowest BCUT2D eigenvalue weighted by atomic mass is 10.1. The molecule has 0 unspecified atom stereocenters. The third-order valence-electron chi connectivity index (χ3n) is 2.95. The van der Waals surface area contributed by atoms with Gasteiger partial charge in [-0.2, -0.15) is 0 Å². The van der Waals surface area contributed by atoms with E-state index < -0.39 is 0 Å². The van der Waals surface area contributed by atoms with Crippen LogP contribution in [0.2, 0.25) is 0 Å². The molecule has 0 saturated heterocycles. The number of carbonyl (C=O) groups excluding carboxylic acids is 1. The maximum absolute atomic E-state index is 11.6. The molecule has 110 valence electrons. The Bertz CT molecular complexity index is 576. The van der Waals surface area contributed by atoms with Crippen molar-refractivity contribution in [3.8, 4) is 0 Å². The van der Waals surface area contributed by atoms with Gasteiger partial charge in [-0.05, 0) is 31.9 Å². The normalized spacial score (nSPS) is 10.1. The first-order valence-corrected chi connectivity index (χ1v) is 7.10. The van der Waals surface area contributed by atoms with Crippen LogP contribution in [-0.4, -0.2) is 27.7 Å². The second-order valence-corrected chi connectivity index (χ2v) is 4.27. The number of aryl methyl sites for hydroxylation is 2. The molecule has 0 spiro atoms. The van der Waals surface area contributed by atoms with Crippen molar-refractivity contribution in [2.24, 2.45) is 0 Å². The zero-order chi connectivity index (χ0) is 15.1. The number of unbranched alkanes of at least 4 members (excludes halogenated alkanes) is 1. The molecule has 2 heterocycles. The van der Waals surface area contributed by atoms with Gasteiger partial charge >= 0.3 is 5.97 Å². The molecule has 0 N–H and O–H groups in total. The standard InChI is InChI=1S/C13H17N3O2.C2H6/c1-4-5-6-11-7-10(13(17)18-3)8-12-15-14-9(2)16(11)12;1-2/h7-8H,4-6H2,1-3H3;1-2H3. The average molecular weight is 277 g/mol. The Kier molecular flexibility index (Phi) is 6.15. The first kappa shape index (κ1) is 16.1. The molecule has 0 bridgehead atoms. The number of aromatic nitrogens is 3. The van der Waals surface area contributed by atoms with Crippen molar-refractivity contribution in [2.45, 2.75) is 47.0 Å². The largest absolute Gasteiger partial charge is 0.465 e. The van der Waals surface area contributed by atoms with Gasteiger partial charge in [-0.1, -0.05) is 27.2 Å². The van der Waals surface area contributed by atoms with E-state index in [4.69, 9.17) is 4.74 Å². The number of methoxy groups -OCH3 is 1. The van der Waals surface area contributed by atoms with Gasteiger partial charge in [-0.15, -0.1) is 10.2 Å². The predicted molar refractivity (Wildman–Crippen MR) is 79.0 cm³/mol. The summed E-state index contributed by atoms with van der Waals surface area (Å²) >= 11 is 0. The van der Waals surface area contributed by atoms with E-state index in [0.717, 1.165) is 30.8 Å². The van der Waals surface area contributed by atoms with Gasteiger partial charge < -0.3 is 4.74 Å². The van der Waals surface area contributed by atoms with Crippen LogP contribution in [0.3, 0.4) is 0 Å². The molecule has 0 amide bonds. The second-order valence-electron chi connectivity index (χ2n) is 4.27. The van der Waals surface area contributed by atoms with Gasteiger partial charge in [0.2, 0.25) is 0 Å². The smallest absolute Gasteiger partial charge is 0.338 e. The van der Waals surface area contributed by atoms with Crippen LogP contribution in [-0.2, 0) is 11.2 Å². The first-order chi connectivity index (χ1) is 9.67. The van der Waals surface area contributed by atoms with Crippen molar-refractivity contribution < 1.29 is 9.53 Å². The van der Waals surface area contributed by atoms with Crippen molar-refractivity contribution in [3.63, 3.8) is 0 Å². The van der Waals surface area contributed by atoms with E-state index >= 15 is 0 Å². The number of nitrogens with zero attached hydrogens (tertiary/aromatic N) is 3. The van der Waals surface area contributed by atoms with Crippen LogP contribution in [0.1, 0.15) is 55.5 Å². The minimum atomic E-state index is -0.337. The van der Waals surface area contributed by atoms with Crippen molar-refractivity contribution in [1.82, 2.24) is 14.6 Å². The van der Waals surface area contributed by atoms with Crippen LogP contribution >= 0.6 is 0 Å². The Balaban J connectivity index is 0.000000956. The van der Waals surface area contributed by atoms with Gasteiger partial charge in [0, 0.05) is 5.69 Å². The Labute approximate surface area is 120 Å². The predicted octanol–water partition coefficient (Wildman–Crippen LogP) is 3.19. The molecule has 0 radical (unpaired) electrons. The third-order valence-corrected chi connectivity index (χ3v) is 2.95. The molecule has 0 atom stereocenters. The highest BCUT2D eigenvalue weighted by atomic mass is 16.5.